The number of nitrogens with zero attached hydrogens (tertiary/aromatic N) is 1. The molecular formula is C14H21NO2. The van der Waals surface area contributed by atoms with Crippen LogP contribution in [0.2, 0.25) is 0 Å². The minimum absolute atomic E-state index is 0.398. The molecule has 2 rings (SSSR count). The molecule has 0 saturated carbocycles. The number of morpholine rings is 1. The summed E-state index contributed by atoms with van der Waals surface area (Å²) in [7, 11) is 1.71. The van der Waals surface area contributed by atoms with E-state index in [2.05, 4.69) is 42.2 Å². The highest BCUT2D eigenvalue weighted by Gasteiger charge is 2.33. The summed E-state index contributed by atoms with van der Waals surface area (Å²) in [6.07, 6.45) is 0. The first-order valence-electron chi connectivity index (χ1n) is 6.13. The van der Waals surface area contributed by atoms with Crippen molar-refractivity contribution in [3.8, 4) is 0 Å². The largest absolute Gasteiger partial charge is 0.352 e. The van der Waals surface area contributed by atoms with Crippen LogP contribution in [0.15, 0.2) is 30.3 Å². The van der Waals surface area contributed by atoms with Gasteiger partial charge in [0, 0.05) is 19.7 Å². The average molecular weight is 235 g/mol. The Labute approximate surface area is 103 Å². The second kappa shape index (κ2) is 5.17. The SMILES string of the molecule is COC1(C)CN(C(C)c2ccccc2)CCO1. The first kappa shape index (κ1) is 12.6. The average Bonchev–Trinajstić information content (AvgIpc) is 2.39. The molecule has 0 amide bonds. The standard InChI is InChI=1S/C14H21NO2/c1-12(13-7-5-4-6-8-13)15-9-10-17-14(2,11-15)16-3/h4-8,12H,9-11H2,1-3H3. The van der Waals surface area contributed by atoms with Gasteiger partial charge in [0.25, 0.3) is 0 Å². The van der Waals surface area contributed by atoms with Crippen LogP contribution in [-0.2, 0) is 9.47 Å². The van der Waals surface area contributed by atoms with Gasteiger partial charge in [0.2, 0.25) is 0 Å². The Bertz CT molecular complexity index is 354. The minimum Gasteiger partial charge on any atom is -0.352 e. The van der Waals surface area contributed by atoms with Crippen LogP contribution < -0.4 is 0 Å². The molecule has 0 aromatic heterocycles. The number of ether oxygens (including phenoxy) is 2. The van der Waals surface area contributed by atoms with Gasteiger partial charge in [0.15, 0.2) is 5.79 Å². The monoisotopic (exact) mass is 235 g/mol. The Morgan fingerprint density at radius 3 is 2.71 bits per heavy atom. The number of benzene rings is 1. The summed E-state index contributed by atoms with van der Waals surface area (Å²) in [5.74, 6) is -0.471. The quantitative estimate of drug-likeness (QED) is 0.803. The van der Waals surface area contributed by atoms with Crippen molar-refractivity contribution in [1.82, 2.24) is 4.90 Å². The van der Waals surface area contributed by atoms with Crippen LogP contribution in [0, 0.1) is 0 Å². The first-order valence-corrected chi connectivity index (χ1v) is 6.13. The molecule has 2 atom stereocenters. The van der Waals surface area contributed by atoms with Gasteiger partial charge in [-0.15, -0.1) is 0 Å². The lowest BCUT2D eigenvalue weighted by atomic mass is 10.1. The first-order chi connectivity index (χ1) is 8.14. The summed E-state index contributed by atoms with van der Waals surface area (Å²) in [5.41, 5.74) is 1.34. The molecule has 0 N–H and O–H groups in total. The summed E-state index contributed by atoms with van der Waals surface area (Å²) in [4.78, 5) is 2.41. The van der Waals surface area contributed by atoms with Gasteiger partial charge in [-0.25, -0.2) is 0 Å². The van der Waals surface area contributed by atoms with Crippen LogP contribution in [0.5, 0.6) is 0 Å². The zero-order valence-electron chi connectivity index (χ0n) is 10.8. The molecule has 0 spiro atoms. The van der Waals surface area contributed by atoms with Gasteiger partial charge in [-0.2, -0.15) is 0 Å². The van der Waals surface area contributed by atoms with Crippen molar-refractivity contribution >= 4 is 0 Å². The molecule has 0 bridgehead atoms. The third-order valence-electron chi connectivity index (χ3n) is 3.54. The summed E-state index contributed by atoms with van der Waals surface area (Å²) in [6, 6.07) is 11.0. The summed E-state index contributed by atoms with van der Waals surface area (Å²) < 4.78 is 11.1. The zero-order chi connectivity index (χ0) is 12.3. The van der Waals surface area contributed by atoms with Crippen molar-refractivity contribution in [3.05, 3.63) is 35.9 Å². The van der Waals surface area contributed by atoms with E-state index in [-0.39, 0.29) is 0 Å². The lowest BCUT2D eigenvalue weighted by Gasteiger charge is -2.42. The van der Waals surface area contributed by atoms with Crippen LogP contribution in [-0.4, -0.2) is 37.5 Å². The molecule has 17 heavy (non-hydrogen) atoms. The summed E-state index contributed by atoms with van der Waals surface area (Å²) in [6.45, 7) is 6.71. The molecule has 1 heterocycles. The van der Waals surface area contributed by atoms with Crippen molar-refractivity contribution in [2.24, 2.45) is 0 Å². The molecule has 94 valence electrons. The van der Waals surface area contributed by atoms with E-state index in [4.69, 9.17) is 9.47 Å². The predicted octanol–water partition coefficient (Wildman–Crippen LogP) is 2.44. The Morgan fingerprint density at radius 1 is 1.35 bits per heavy atom. The molecule has 3 nitrogen and oxygen atoms in total. The van der Waals surface area contributed by atoms with Gasteiger partial charge >= 0.3 is 0 Å². The fourth-order valence-corrected chi connectivity index (χ4v) is 2.27. The van der Waals surface area contributed by atoms with Gasteiger partial charge in [0.1, 0.15) is 0 Å². The van der Waals surface area contributed by atoms with E-state index in [9.17, 15) is 0 Å². The Hall–Kier alpha value is -0.900. The summed E-state index contributed by atoms with van der Waals surface area (Å²) >= 11 is 0. The maximum atomic E-state index is 5.67. The van der Waals surface area contributed by atoms with E-state index in [1.807, 2.05) is 6.92 Å². The lowest BCUT2D eigenvalue weighted by molar-refractivity contribution is -0.247. The smallest absolute Gasteiger partial charge is 0.177 e. The molecule has 1 fully saturated rings. The minimum atomic E-state index is -0.471. The van der Waals surface area contributed by atoms with E-state index >= 15 is 0 Å². The van der Waals surface area contributed by atoms with E-state index in [1.54, 1.807) is 7.11 Å². The second-order valence-electron chi connectivity index (χ2n) is 4.74. The van der Waals surface area contributed by atoms with E-state index in [1.165, 1.54) is 5.56 Å². The molecule has 1 saturated heterocycles. The molecule has 2 unspecified atom stereocenters. The van der Waals surface area contributed by atoms with E-state index < -0.39 is 5.79 Å². The third-order valence-corrected chi connectivity index (χ3v) is 3.54. The fourth-order valence-electron chi connectivity index (χ4n) is 2.27. The number of hydrogen-bond acceptors (Lipinski definition) is 3. The molecule has 0 radical (unpaired) electrons. The number of hydrogen-bond donors (Lipinski definition) is 0. The van der Waals surface area contributed by atoms with Gasteiger partial charge in [0.05, 0.1) is 13.2 Å². The van der Waals surface area contributed by atoms with Crippen molar-refractivity contribution in [2.45, 2.75) is 25.7 Å². The van der Waals surface area contributed by atoms with Crippen LogP contribution in [0.25, 0.3) is 0 Å². The molecule has 1 aliphatic heterocycles. The number of methoxy groups -OCH3 is 1. The molecule has 3 heteroatoms. The second-order valence-corrected chi connectivity index (χ2v) is 4.74. The summed E-state index contributed by atoms with van der Waals surface area (Å²) in [5, 5.41) is 0. The van der Waals surface area contributed by atoms with Crippen molar-refractivity contribution in [1.29, 1.82) is 0 Å². The molecule has 0 aliphatic carbocycles. The maximum Gasteiger partial charge on any atom is 0.177 e. The fraction of sp³-hybridized carbons (Fsp3) is 0.571. The van der Waals surface area contributed by atoms with E-state index in [0.717, 1.165) is 19.7 Å². The topological polar surface area (TPSA) is 21.7 Å². The zero-order valence-corrected chi connectivity index (χ0v) is 10.8. The van der Waals surface area contributed by atoms with Crippen LogP contribution in [0.4, 0.5) is 0 Å². The Morgan fingerprint density at radius 2 is 2.06 bits per heavy atom. The Balaban J connectivity index is 2.07. The van der Waals surface area contributed by atoms with E-state index in [0.29, 0.717) is 6.04 Å². The van der Waals surface area contributed by atoms with Crippen molar-refractivity contribution in [3.63, 3.8) is 0 Å². The predicted molar refractivity (Wildman–Crippen MR) is 67.8 cm³/mol. The Kier molecular flexibility index (Phi) is 3.82. The molecule has 1 aromatic carbocycles. The lowest BCUT2D eigenvalue weighted by Crippen LogP contribution is -2.51. The van der Waals surface area contributed by atoms with Crippen molar-refractivity contribution < 1.29 is 9.47 Å². The highest BCUT2D eigenvalue weighted by Crippen LogP contribution is 2.26. The van der Waals surface area contributed by atoms with Gasteiger partial charge < -0.3 is 9.47 Å². The number of rotatable bonds is 3. The van der Waals surface area contributed by atoms with Crippen LogP contribution >= 0.6 is 0 Å². The van der Waals surface area contributed by atoms with Crippen LogP contribution in [0.3, 0.4) is 0 Å². The van der Waals surface area contributed by atoms with Gasteiger partial charge in [-0.1, -0.05) is 30.3 Å². The normalized spacial score (nSPS) is 27.9. The van der Waals surface area contributed by atoms with Gasteiger partial charge in [-0.3, -0.25) is 4.90 Å². The molecule has 1 aromatic rings. The molecule has 1 aliphatic rings. The highest BCUT2D eigenvalue weighted by atomic mass is 16.7. The third kappa shape index (κ3) is 2.86. The highest BCUT2D eigenvalue weighted by molar-refractivity contribution is 5.18. The maximum absolute atomic E-state index is 5.67. The van der Waals surface area contributed by atoms with Gasteiger partial charge in [-0.05, 0) is 19.4 Å². The molecular weight excluding hydrogens is 214 g/mol. The van der Waals surface area contributed by atoms with Crippen molar-refractivity contribution in [2.75, 3.05) is 26.8 Å². The van der Waals surface area contributed by atoms with Crippen LogP contribution in [0.1, 0.15) is 25.5 Å².